The molecule has 7 nitrogen and oxygen atoms in total. The van der Waals surface area contributed by atoms with E-state index in [1.165, 1.54) is 40.7 Å². The van der Waals surface area contributed by atoms with E-state index in [1.807, 2.05) is 0 Å². The largest absolute Gasteiger partial charge is 0.324 e. The topological polar surface area (TPSA) is 89.8 Å². The Labute approximate surface area is 170 Å². The van der Waals surface area contributed by atoms with Gasteiger partial charge in [-0.1, -0.05) is 23.8 Å². The van der Waals surface area contributed by atoms with Crippen LogP contribution >= 0.6 is 0 Å². The molecule has 2 heterocycles. The van der Waals surface area contributed by atoms with E-state index >= 15 is 0 Å². The highest BCUT2D eigenvalue weighted by molar-refractivity contribution is 5.88. The van der Waals surface area contributed by atoms with Crippen LogP contribution in [0.5, 0.6) is 0 Å². The van der Waals surface area contributed by atoms with E-state index in [1.54, 1.807) is 6.20 Å². The summed E-state index contributed by atoms with van der Waals surface area (Å²) in [6.45, 7) is 5.66. The second kappa shape index (κ2) is 7.58. The van der Waals surface area contributed by atoms with Gasteiger partial charge < -0.3 is 5.32 Å². The lowest BCUT2D eigenvalue weighted by Gasteiger charge is -2.26. The lowest BCUT2D eigenvalue weighted by Crippen LogP contribution is -2.30. The summed E-state index contributed by atoms with van der Waals surface area (Å²) in [4.78, 5) is 32.4. The number of anilines is 1. The van der Waals surface area contributed by atoms with Gasteiger partial charge in [-0.2, -0.15) is 9.78 Å². The number of nitrogens with one attached hydrogen (secondary N) is 1. The summed E-state index contributed by atoms with van der Waals surface area (Å²) in [6.07, 6.45) is 7.14. The molecule has 0 saturated heterocycles. The monoisotopic (exact) mass is 391 g/mol. The van der Waals surface area contributed by atoms with E-state index in [0.29, 0.717) is 18.0 Å². The smallest absolute Gasteiger partial charge is 0.277 e. The molecule has 1 N–H and O–H groups in total. The number of hydrogen-bond acceptors (Lipinski definition) is 5. The Morgan fingerprint density at radius 1 is 1.21 bits per heavy atom. The first-order valence-corrected chi connectivity index (χ1v) is 9.69. The van der Waals surface area contributed by atoms with Crippen LogP contribution in [0.3, 0.4) is 0 Å². The Balaban J connectivity index is 0.00000256. The maximum atomic E-state index is 13.0. The van der Waals surface area contributed by atoms with Crippen LogP contribution in [0.2, 0.25) is 0 Å². The molecule has 0 fully saturated rings. The summed E-state index contributed by atoms with van der Waals surface area (Å²) in [5.41, 5.74) is 6.00. The van der Waals surface area contributed by atoms with Crippen LogP contribution < -0.4 is 10.9 Å². The fourth-order valence-corrected chi connectivity index (χ4v) is 4.04. The highest BCUT2D eigenvalue weighted by atomic mass is 16.1. The van der Waals surface area contributed by atoms with Gasteiger partial charge in [0.05, 0.1) is 24.3 Å². The van der Waals surface area contributed by atoms with Crippen molar-refractivity contribution >= 4 is 11.6 Å². The van der Waals surface area contributed by atoms with Crippen LogP contribution in [0, 0.1) is 13.8 Å². The summed E-state index contributed by atoms with van der Waals surface area (Å²) in [7, 11) is 0. The number of carbonyl (C=O) groups is 1. The number of nitrogens with zero attached hydrogens (tertiary/aromatic N) is 4. The zero-order valence-electron chi connectivity index (χ0n) is 16.8. The SMILES string of the molecule is CC(=O)Nc1cnc(-n2ncc3c(c2=O)CCC(c2ccc(C)cc2C)C3)nc1.[HH]. The van der Waals surface area contributed by atoms with Crippen LogP contribution in [-0.2, 0) is 17.6 Å². The van der Waals surface area contributed by atoms with Gasteiger partial charge in [0.1, 0.15) is 0 Å². The molecule has 4 rings (SSSR count). The Hall–Kier alpha value is -3.35. The van der Waals surface area contributed by atoms with E-state index in [0.717, 1.165) is 24.0 Å². The number of aryl methyl sites for hydroxylation is 2. The van der Waals surface area contributed by atoms with Gasteiger partial charge in [-0.25, -0.2) is 9.97 Å². The molecule has 29 heavy (non-hydrogen) atoms. The summed E-state index contributed by atoms with van der Waals surface area (Å²) in [5.74, 6) is 0.389. The Bertz CT molecular complexity index is 1140. The number of carbonyl (C=O) groups excluding carboxylic acids is 1. The van der Waals surface area contributed by atoms with E-state index in [9.17, 15) is 9.59 Å². The second-order valence-electron chi connectivity index (χ2n) is 7.62. The summed E-state index contributed by atoms with van der Waals surface area (Å²) in [5, 5.41) is 6.91. The lowest BCUT2D eigenvalue weighted by atomic mass is 9.79. The third-order valence-corrected chi connectivity index (χ3v) is 5.39. The number of fused-ring (bicyclic) bond motifs is 1. The minimum atomic E-state index is -0.205. The maximum absolute atomic E-state index is 13.0. The first kappa shape index (κ1) is 19.0. The molecule has 1 aromatic carbocycles. The molecule has 1 aliphatic carbocycles. The highest BCUT2D eigenvalue weighted by Gasteiger charge is 2.25. The molecule has 2 aromatic heterocycles. The zero-order valence-corrected chi connectivity index (χ0v) is 16.8. The van der Waals surface area contributed by atoms with Crippen LogP contribution in [0.25, 0.3) is 5.95 Å². The maximum Gasteiger partial charge on any atom is 0.277 e. The van der Waals surface area contributed by atoms with Crippen LogP contribution in [-0.4, -0.2) is 25.7 Å². The van der Waals surface area contributed by atoms with E-state index in [-0.39, 0.29) is 18.8 Å². The third-order valence-electron chi connectivity index (χ3n) is 5.39. The quantitative estimate of drug-likeness (QED) is 0.741. The number of benzene rings is 1. The van der Waals surface area contributed by atoms with Crippen LogP contribution in [0.4, 0.5) is 5.69 Å². The van der Waals surface area contributed by atoms with Gasteiger partial charge in [-0.05, 0) is 55.7 Å². The lowest BCUT2D eigenvalue weighted by molar-refractivity contribution is -0.114. The molecule has 0 saturated carbocycles. The van der Waals surface area contributed by atoms with Gasteiger partial charge in [-0.3, -0.25) is 9.59 Å². The number of rotatable bonds is 3. The summed E-state index contributed by atoms with van der Waals surface area (Å²) >= 11 is 0. The average molecular weight is 391 g/mol. The molecule has 150 valence electrons. The molecule has 0 bridgehead atoms. The predicted molar refractivity (Wildman–Crippen MR) is 113 cm³/mol. The molecule has 1 amide bonds. The Kier molecular flexibility index (Phi) is 4.96. The van der Waals surface area contributed by atoms with E-state index in [2.05, 4.69) is 52.4 Å². The van der Waals surface area contributed by atoms with Crippen molar-refractivity contribution in [1.82, 2.24) is 19.7 Å². The number of amides is 1. The minimum Gasteiger partial charge on any atom is -0.324 e. The van der Waals surface area contributed by atoms with Crippen molar-refractivity contribution in [2.75, 3.05) is 5.32 Å². The van der Waals surface area contributed by atoms with Crippen LogP contribution in [0.1, 0.15) is 48.5 Å². The molecular formula is C22H25N5O2. The number of hydrogen-bond donors (Lipinski definition) is 1. The average Bonchev–Trinajstić information content (AvgIpc) is 2.68. The van der Waals surface area contributed by atoms with E-state index < -0.39 is 0 Å². The molecule has 0 radical (unpaired) electrons. The van der Waals surface area contributed by atoms with Crippen molar-refractivity contribution in [3.63, 3.8) is 0 Å². The molecular weight excluding hydrogens is 366 g/mol. The zero-order chi connectivity index (χ0) is 20.5. The van der Waals surface area contributed by atoms with Crippen LogP contribution in [0.15, 0.2) is 41.6 Å². The Morgan fingerprint density at radius 2 is 1.97 bits per heavy atom. The standard InChI is InChI=1S/C22H23N5O2.H2/c1-13-4-6-19(14(2)8-13)16-5-7-20-17(9-16)10-25-27(21(20)29)22-23-11-18(12-24-22)26-15(3)28;/h4,6,8,10-12,16H,5,7,9H2,1-3H3,(H,26,28);1H. The van der Waals surface area contributed by atoms with Gasteiger partial charge in [0.2, 0.25) is 5.91 Å². The van der Waals surface area contributed by atoms with Gasteiger partial charge in [0.15, 0.2) is 0 Å². The molecule has 1 unspecified atom stereocenters. The first-order valence-electron chi connectivity index (χ1n) is 9.69. The van der Waals surface area contributed by atoms with Gasteiger partial charge in [0, 0.05) is 13.9 Å². The molecule has 3 aromatic rings. The molecule has 1 aliphatic rings. The van der Waals surface area contributed by atoms with Gasteiger partial charge >= 0.3 is 0 Å². The first-order chi connectivity index (χ1) is 13.9. The molecule has 1 atom stereocenters. The summed E-state index contributed by atoms with van der Waals surface area (Å²) in [6, 6.07) is 6.57. The second-order valence-corrected chi connectivity index (χ2v) is 7.62. The third kappa shape index (κ3) is 3.81. The normalized spacial score (nSPS) is 15.6. The van der Waals surface area contributed by atoms with Crippen molar-refractivity contribution in [1.29, 1.82) is 0 Å². The summed E-state index contributed by atoms with van der Waals surface area (Å²) < 4.78 is 1.23. The van der Waals surface area contributed by atoms with Crippen molar-refractivity contribution in [3.05, 3.63) is 75.0 Å². The number of aromatic nitrogens is 4. The highest BCUT2D eigenvalue weighted by Crippen LogP contribution is 2.33. The van der Waals surface area contributed by atoms with Gasteiger partial charge in [0.25, 0.3) is 11.5 Å². The van der Waals surface area contributed by atoms with Crippen molar-refractivity contribution < 1.29 is 6.22 Å². The fourth-order valence-electron chi connectivity index (χ4n) is 4.04. The molecule has 0 spiro atoms. The predicted octanol–water partition coefficient (Wildman–Crippen LogP) is 3.12. The van der Waals surface area contributed by atoms with Gasteiger partial charge in [-0.15, -0.1) is 0 Å². The fraction of sp³-hybridized carbons (Fsp3) is 0.318. The van der Waals surface area contributed by atoms with Crippen molar-refractivity contribution in [3.8, 4) is 5.95 Å². The molecule has 7 heteroatoms. The van der Waals surface area contributed by atoms with Crippen molar-refractivity contribution in [2.45, 2.75) is 46.0 Å². The van der Waals surface area contributed by atoms with Crippen molar-refractivity contribution in [2.24, 2.45) is 0 Å². The Morgan fingerprint density at radius 3 is 2.66 bits per heavy atom. The molecule has 0 aliphatic heterocycles. The minimum absolute atomic E-state index is 0. The van der Waals surface area contributed by atoms with E-state index in [4.69, 9.17) is 0 Å².